The van der Waals surface area contributed by atoms with E-state index in [1.165, 1.54) is 25.7 Å². The average Bonchev–Trinajstić information content (AvgIpc) is 2.74. The quantitative estimate of drug-likeness (QED) is 0.213. The first-order chi connectivity index (χ1) is 14.2. The molecule has 0 aromatic heterocycles. The van der Waals surface area contributed by atoms with Gasteiger partial charge >= 0.3 is 11.9 Å². The number of carbonyl (C=O) groups is 2. The van der Waals surface area contributed by atoms with E-state index in [0.717, 1.165) is 50.5 Å². The lowest BCUT2D eigenvalue weighted by molar-refractivity contribution is -0.169. The monoisotopic (exact) mass is 404 g/mol. The lowest BCUT2D eigenvalue weighted by Gasteiger charge is -2.17. The van der Waals surface area contributed by atoms with Crippen LogP contribution in [0, 0.1) is 0 Å². The first-order valence-electron chi connectivity index (χ1n) is 11.6. The number of hydrogen-bond acceptors (Lipinski definition) is 4. The number of benzene rings is 1. The molecule has 0 bridgehead atoms. The van der Waals surface area contributed by atoms with Gasteiger partial charge in [0.05, 0.1) is 0 Å². The Morgan fingerprint density at radius 3 is 2.03 bits per heavy atom. The van der Waals surface area contributed by atoms with Crippen molar-refractivity contribution in [2.75, 3.05) is 0 Å². The van der Waals surface area contributed by atoms with E-state index >= 15 is 0 Å². The van der Waals surface area contributed by atoms with Crippen molar-refractivity contribution in [3.63, 3.8) is 0 Å². The molecular formula is C25H40O4. The summed E-state index contributed by atoms with van der Waals surface area (Å²) in [7, 11) is 0. The van der Waals surface area contributed by atoms with Crippen LogP contribution < -0.4 is 0 Å². The van der Waals surface area contributed by atoms with Gasteiger partial charge in [0.25, 0.3) is 0 Å². The summed E-state index contributed by atoms with van der Waals surface area (Å²) in [5, 5.41) is 0. The molecule has 29 heavy (non-hydrogen) atoms. The van der Waals surface area contributed by atoms with Crippen LogP contribution in [0.25, 0.3) is 0 Å². The van der Waals surface area contributed by atoms with Gasteiger partial charge in [-0.3, -0.25) is 4.79 Å². The molecule has 1 aromatic rings. The van der Waals surface area contributed by atoms with Gasteiger partial charge in [-0.25, -0.2) is 4.79 Å². The molecule has 0 aliphatic heterocycles. The number of esters is 2. The van der Waals surface area contributed by atoms with Crippen LogP contribution in [0.4, 0.5) is 0 Å². The summed E-state index contributed by atoms with van der Waals surface area (Å²) in [5.41, 5.74) is 0.931. The zero-order chi connectivity index (χ0) is 21.2. The van der Waals surface area contributed by atoms with Crippen molar-refractivity contribution in [3.05, 3.63) is 35.9 Å². The second kappa shape index (κ2) is 17.1. The van der Waals surface area contributed by atoms with Crippen LogP contribution in [-0.2, 0) is 25.7 Å². The van der Waals surface area contributed by atoms with Crippen molar-refractivity contribution >= 4 is 11.9 Å². The Labute approximate surface area is 177 Å². The highest BCUT2D eigenvalue weighted by atomic mass is 16.6. The molecule has 0 heterocycles. The molecule has 0 saturated heterocycles. The molecule has 0 spiro atoms. The Balaban J connectivity index is 2.38. The van der Waals surface area contributed by atoms with E-state index in [1.54, 1.807) is 0 Å². The zero-order valence-electron chi connectivity index (χ0n) is 18.5. The third-order valence-corrected chi connectivity index (χ3v) is 5.06. The molecule has 4 nitrogen and oxygen atoms in total. The summed E-state index contributed by atoms with van der Waals surface area (Å²) in [6, 6.07) is 9.57. The van der Waals surface area contributed by atoms with Crippen LogP contribution >= 0.6 is 0 Å². The highest BCUT2D eigenvalue weighted by Crippen LogP contribution is 2.14. The molecule has 1 unspecified atom stereocenters. The Bertz CT molecular complexity index is 541. The predicted molar refractivity (Wildman–Crippen MR) is 117 cm³/mol. The van der Waals surface area contributed by atoms with Crippen molar-refractivity contribution in [1.82, 2.24) is 0 Å². The van der Waals surface area contributed by atoms with Gasteiger partial charge in [-0.2, -0.15) is 0 Å². The second-order valence-corrected chi connectivity index (χ2v) is 7.79. The van der Waals surface area contributed by atoms with Gasteiger partial charge in [0.2, 0.25) is 0 Å². The van der Waals surface area contributed by atoms with Gasteiger partial charge in [-0.1, -0.05) is 102 Å². The van der Waals surface area contributed by atoms with E-state index in [0.29, 0.717) is 12.8 Å². The Morgan fingerprint density at radius 1 is 0.793 bits per heavy atom. The molecule has 164 valence electrons. The van der Waals surface area contributed by atoms with Crippen molar-refractivity contribution in [2.45, 2.75) is 110 Å². The fraction of sp³-hybridized carbons (Fsp3) is 0.680. The summed E-state index contributed by atoms with van der Waals surface area (Å²) < 4.78 is 10.9. The number of unbranched alkanes of at least 4 members (excludes halogenated alkanes) is 9. The molecular weight excluding hydrogens is 364 g/mol. The van der Waals surface area contributed by atoms with Crippen LogP contribution in [-0.4, -0.2) is 18.0 Å². The van der Waals surface area contributed by atoms with Gasteiger partial charge in [-0.15, -0.1) is 0 Å². The SMILES string of the molecule is CCCCCCCCCC(=O)OC(CCCCCC)C(=O)OCc1ccccc1. The highest BCUT2D eigenvalue weighted by molar-refractivity contribution is 5.79. The molecule has 0 N–H and O–H groups in total. The maximum absolute atomic E-state index is 12.5. The van der Waals surface area contributed by atoms with Crippen LogP contribution in [0.2, 0.25) is 0 Å². The first-order valence-corrected chi connectivity index (χ1v) is 11.6. The summed E-state index contributed by atoms with van der Waals surface area (Å²) in [4.78, 5) is 24.7. The van der Waals surface area contributed by atoms with E-state index in [-0.39, 0.29) is 12.6 Å². The van der Waals surface area contributed by atoms with Crippen molar-refractivity contribution in [2.24, 2.45) is 0 Å². The molecule has 0 saturated carbocycles. The fourth-order valence-corrected chi connectivity index (χ4v) is 3.25. The average molecular weight is 405 g/mol. The van der Waals surface area contributed by atoms with Crippen molar-refractivity contribution < 1.29 is 19.1 Å². The van der Waals surface area contributed by atoms with Crippen LogP contribution in [0.15, 0.2) is 30.3 Å². The molecule has 1 rings (SSSR count). The van der Waals surface area contributed by atoms with Crippen LogP contribution in [0.5, 0.6) is 0 Å². The molecule has 0 amide bonds. The Morgan fingerprint density at radius 2 is 1.38 bits per heavy atom. The fourth-order valence-electron chi connectivity index (χ4n) is 3.25. The summed E-state index contributed by atoms with van der Waals surface area (Å²) in [6.07, 6.45) is 12.3. The lowest BCUT2D eigenvalue weighted by Crippen LogP contribution is -2.29. The van der Waals surface area contributed by atoms with E-state index in [4.69, 9.17) is 9.47 Å². The number of ether oxygens (including phenoxy) is 2. The summed E-state index contributed by atoms with van der Waals surface area (Å²) >= 11 is 0. The number of hydrogen-bond donors (Lipinski definition) is 0. The third kappa shape index (κ3) is 13.1. The Hall–Kier alpha value is -1.84. The van der Waals surface area contributed by atoms with Gasteiger partial charge in [-0.05, 0) is 24.8 Å². The van der Waals surface area contributed by atoms with Gasteiger partial charge in [0.15, 0.2) is 6.10 Å². The van der Waals surface area contributed by atoms with Gasteiger partial charge < -0.3 is 9.47 Å². The molecule has 4 heteroatoms. The van der Waals surface area contributed by atoms with Gasteiger partial charge in [0.1, 0.15) is 6.61 Å². The number of rotatable bonds is 17. The minimum absolute atomic E-state index is 0.209. The highest BCUT2D eigenvalue weighted by Gasteiger charge is 2.24. The minimum atomic E-state index is -0.785. The van der Waals surface area contributed by atoms with E-state index in [1.807, 2.05) is 30.3 Å². The topological polar surface area (TPSA) is 52.6 Å². The lowest BCUT2D eigenvalue weighted by atomic mass is 10.1. The van der Waals surface area contributed by atoms with E-state index in [9.17, 15) is 9.59 Å². The first kappa shape index (κ1) is 25.2. The minimum Gasteiger partial charge on any atom is -0.458 e. The normalized spacial score (nSPS) is 11.8. The third-order valence-electron chi connectivity index (χ3n) is 5.06. The van der Waals surface area contributed by atoms with E-state index in [2.05, 4.69) is 13.8 Å². The molecule has 1 atom stereocenters. The molecule has 0 fully saturated rings. The molecule has 0 aliphatic carbocycles. The molecule has 0 aliphatic rings. The summed E-state index contributed by atoms with van der Waals surface area (Å²) in [5.74, 6) is -0.714. The predicted octanol–water partition coefficient (Wildman–Crippen LogP) is 6.75. The van der Waals surface area contributed by atoms with Crippen molar-refractivity contribution in [1.29, 1.82) is 0 Å². The Kier molecular flexibility index (Phi) is 14.8. The van der Waals surface area contributed by atoms with Crippen LogP contribution in [0.3, 0.4) is 0 Å². The smallest absolute Gasteiger partial charge is 0.347 e. The molecule has 1 aromatic carbocycles. The second-order valence-electron chi connectivity index (χ2n) is 7.79. The standard InChI is InChI=1S/C25H40O4/c1-3-5-7-9-10-11-16-20-24(26)29-23(19-15-8-6-4-2)25(27)28-21-22-17-13-12-14-18-22/h12-14,17-18,23H,3-11,15-16,19-21H2,1-2H3. The van der Waals surface area contributed by atoms with E-state index < -0.39 is 12.1 Å². The van der Waals surface area contributed by atoms with Gasteiger partial charge in [0, 0.05) is 6.42 Å². The number of carbonyl (C=O) groups excluding carboxylic acids is 2. The maximum atomic E-state index is 12.5. The van der Waals surface area contributed by atoms with Crippen LogP contribution in [0.1, 0.15) is 103 Å². The zero-order valence-corrected chi connectivity index (χ0v) is 18.5. The van der Waals surface area contributed by atoms with Crippen molar-refractivity contribution in [3.8, 4) is 0 Å². The largest absolute Gasteiger partial charge is 0.458 e. The summed E-state index contributed by atoms with van der Waals surface area (Å²) in [6.45, 7) is 4.56. The maximum Gasteiger partial charge on any atom is 0.347 e. The molecule has 0 radical (unpaired) electrons.